The Morgan fingerprint density at radius 2 is 1.56 bits per heavy atom. The largest absolute Gasteiger partial charge is 0.343 e. The van der Waals surface area contributed by atoms with Crippen molar-refractivity contribution in [1.82, 2.24) is 9.78 Å². The highest BCUT2D eigenvalue weighted by atomic mass is 79.9. The summed E-state index contributed by atoms with van der Waals surface area (Å²) in [6.45, 7) is 1.72. The Bertz CT molecular complexity index is 1480. The summed E-state index contributed by atoms with van der Waals surface area (Å²) in [5.74, 6) is -0.929. The molecule has 1 aliphatic rings. The number of fused-ring (bicyclic) bond motifs is 1. The number of allylic oxidation sites excluding steroid dienone is 1. The van der Waals surface area contributed by atoms with Crippen LogP contribution in [0.4, 0.5) is 21.6 Å². The molecule has 0 spiro atoms. The summed E-state index contributed by atoms with van der Waals surface area (Å²) in [5, 5.41) is 13.3. The van der Waals surface area contributed by atoms with E-state index in [9.17, 15) is 9.59 Å². The zero-order valence-electron chi connectivity index (χ0n) is 19.1. The van der Waals surface area contributed by atoms with Gasteiger partial charge in [-0.25, -0.2) is 9.07 Å². The first kappa shape index (κ1) is 23.5. The molecule has 1 unspecified atom stereocenters. The number of benzene rings is 3. The maximum atomic E-state index is 15.2. The minimum atomic E-state index is -0.916. The molecule has 7 nitrogen and oxygen atoms in total. The van der Waals surface area contributed by atoms with Gasteiger partial charge in [-0.15, -0.1) is 0 Å². The number of nitrogens with one attached hydrogen (secondary N) is 3. The Morgan fingerprint density at radius 3 is 2.19 bits per heavy atom. The molecule has 0 aliphatic carbocycles. The Hall–Kier alpha value is -4.24. The lowest BCUT2D eigenvalue weighted by Gasteiger charge is -2.30. The summed E-state index contributed by atoms with van der Waals surface area (Å²) in [6, 6.07) is 21.7. The van der Waals surface area contributed by atoms with Gasteiger partial charge in [-0.1, -0.05) is 52.3 Å². The van der Waals surface area contributed by atoms with Gasteiger partial charge in [-0.05, 0) is 49.4 Å². The Balaban J connectivity index is 1.59. The van der Waals surface area contributed by atoms with E-state index in [0.717, 1.165) is 0 Å². The zero-order chi connectivity index (χ0) is 25.2. The van der Waals surface area contributed by atoms with E-state index in [1.165, 1.54) is 16.9 Å². The number of rotatable bonds is 5. The summed E-state index contributed by atoms with van der Waals surface area (Å²) < 4.78 is 17.3. The quantitative estimate of drug-likeness (QED) is 0.288. The number of para-hydroxylation sites is 2. The second-order valence-corrected chi connectivity index (χ2v) is 9.14. The summed E-state index contributed by atoms with van der Waals surface area (Å²) >= 11 is 3.40. The molecule has 1 atom stereocenters. The second-order valence-electron chi connectivity index (χ2n) is 8.22. The predicted octanol–water partition coefficient (Wildman–Crippen LogP) is 5.96. The van der Waals surface area contributed by atoms with Gasteiger partial charge in [0.25, 0.3) is 11.8 Å². The van der Waals surface area contributed by atoms with E-state index in [2.05, 4.69) is 37.0 Å². The lowest BCUT2D eigenvalue weighted by Crippen LogP contribution is -2.32. The molecule has 0 saturated carbocycles. The molecule has 3 aromatic carbocycles. The van der Waals surface area contributed by atoms with E-state index >= 15 is 4.39 Å². The highest BCUT2D eigenvalue weighted by Gasteiger charge is 2.36. The van der Waals surface area contributed by atoms with Crippen LogP contribution >= 0.6 is 15.9 Å². The van der Waals surface area contributed by atoms with Crippen molar-refractivity contribution in [2.75, 3.05) is 16.0 Å². The predicted molar refractivity (Wildman–Crippen MR) is 140 cm³/mol. The molecule has 0 saturated heterocycles. The van der Waals surface area contributed by atoms with Crippen LogP contribution in [0.25, 0.3) is 0 Å². The molecular formula is C27H21BrFN5O2. The number of hydrogen-bond acceptors (Lipinski definition) is 4. The standard InChI is InChI=1S/C27H21BrFN5O2/c1-16-23(27(36)33-19-10-6-3-7-11-19)24(20-14-17(28)12-13-22(20)29)34-25(31-16)21(15-30-34)26(35)32-18-8-4-2-5-9-18/h2-15,24,31H,1H3,(H,32,35)(H,33,36). The number of halogens is 2. The van der Waals surface area contributed by atoms with Crippen LogP contribution in [0.15, 0.2) is 101 Å². The minimum absolute atomic E-state index is 0.239. The topological polar surface area (TPSA) is 88.0 Å². The third-order valence-electron chi connectivity index (χ3n) is 5.83. The highest BCUT2D eigenvalue weighted by molar-refractivity contribution is 9.10. The fourth-order valence-electron chi connectivity index (χ4n) is 4.17. The molecule has 3 N–H and O–H groups in total. The average Bonchev–Trinajstić information content (AvgIpc) is 3.29. The molecule has 5 rings (SSSR count). The van der Waals surface area contributed by atoms with Crippen molar-refractivity contribution >= 4 is 44.9 Å². The summed E-state index contributed by atoms with van der Waals surface area (Å²) in [7, 11) is 0. The van der Waals surface area contributed by atoms with Crippen molar-refractivity contribution in [1.29, 1.82) is 0 Å². The van der Waals surface area contributed by atoms with E-state index in [0.29, 0.717) is 27.4 Å². The fourth-order valence-corrected chi connectivity index (χ4v) is 4.55. The van der Waals surface area contributed by atoms with Crippen molar-refractivity contribution in [3.05, 3.63) is 118 Å². The number of carbonyl (C=O) groups is 2. The van der Waals surface area contributed by atoms with Gasteiger partial charge in [-0.3, -0.25) is 9.59 Å². The maximum absolute atomic E-state index is 15.2. The third kappa shape index (κ3) is 4.52. The van der Waals surface area contributed by atoms with Crippen LogP contribution in [0.5, 0.6) is 0 Å². The molecule has 0 fully saturated rings. The number of amides is 2. The number of hydrogen-bond donors (Lipinski definition) is 3. The van der Waals surface area contributed by atoms with Crippen LogP contribution < -0.4 is 16.0 Å². The number of carbonyl (C=O) groups excluding carboxylic acids is 2. The Kier molecular flexibility index (Phi) is 6.39. The molecular weight excluding hydrogens is 525 g/mol. The first-order valence-corrected chi connectivity index (χ1v) is 11.9. The van der Waals surface area contributed by atoms with Crippen LogP contribution in [-0.4, -0.2) is 21.6 Å². The molecule has 1 aromatic heterocycles. The molecule has 180 valence electrons. The van der Waals surface area contributed by atoms with Crippen LogP contribution in [0.3, 0.4) is 0 Å². The lowest BCUT2D eigenvalue weighted by molar-refractivity contribution is -0.113. The molecule has 1 aliphatic heterocycles. The zero-order valence-corrected chi connectivity index (χ0v) is 20.7. The van der Waals surface area contributed by atoms with Crippen molar-refractivity contribution < 1.29 is 14.0 Å². The van der Waals surface area contributed by atoms with Gasteiger partial charge >= 0.3 is 0 Å². The molecule has 4 aromatic rings. The minimum Gasteiger partial charge on any atom is -0.343 e. The Morgan fingerprint density at radius 1 is 0.944 bits per heavy atom. The van der Waals surface area contributed by atoms with Gasteiger partial charge in [-0.2, -0.15) is 5.10 Å². The molecule has 2 heterocycles. The average molecular weight is 546 g/mol. The van der Waals surface area contributed by atoms with Gasteiger partial charge in [0.2, 0.25) is 0 Å². The molecule has 0 radical (unpaired) electrons. The normalized spacial score (nSPS) is 14.6. The van der Waals surface area contributed by atoms with Crippen LogP contribution in [0.2, 0.25) is 0 Å². The number of aromatic nitrogens is 2. The van der Waals surface area contributed by atoms with Gasteiger partial charge in [0, 0.05) is 27.1 Å². The second kappa shape index (κ2) is 9.79. The molecule has 0 bridgehead atoms. The van der Waals surface area contributed by atoms with Crippen LogP contribution in [-0.2, 0) is 4.79 Å². The van der Waals surface area contributed by atoms with E-state index in [1.54, 1.807) is 43.3 Å². The van der Waals surface area contributed by atoms with Crippen molar-refractivity contribution in [3.63, 3.8) is 0 Å². The molecule has 9 heteroatoms. The van der Waals surface area contributed by atoms with Crippen LogP contribution in [0, 0.1) is 5.82 Å². The van der Waals surface area contributed by atoms with E-state index < -0.39 is 17.8 Å². The first-order chi connectivity index (χ1) is 17.4. The highest BCUT2D eigenvalue weighted by Crippen LogP contribution is 2.39. The monoisotopic (exact) mass is 545 g/mol. The maximum Gasteiger partial charge on any atom is 0.261 e. The summed E-state index contributed by atoms with van der Waals surface area (Å²) in [6.07, 6.45) is 1.41. The van der Waals surface area contributed by atoms with E-state index in [1.807, 2.05) is 36.4 Å². The summed E-state index contributed by atoms with van der Waals surface area (Å²) in [4.78, 5) is 26.6. The SMILES string of the molecule is CC1=C(C(=O)Nc2ccccc2)C(c2cc(Br)ccc2F)n2ncc(C(=O)Nc3ccccc3)c2N1. The van der Waals surface area contributed by atoms with Crippen molar-refractivity contribution in [3.8, 4) is 0 Å². The summed E-state index contributed by atoms with van der Waals surface area (Å²) in [5.41, 5.74) is 2.49. The van der Waals surface area contributed by atoms with Gasteiger partial charge in [0.1, 0.15) is 23.2 Å². The number of nitrogens with zero attached hydrogens (tertiary/aromatic N) is 2. The lowest BCUT2D eigenvalue weighted by atomic mass is 9.94. The van der Waals surface area contributed by atoms with E-state index in [4.69, 9.17) is 0 Å². The smallest absolute Gasteiger partial charge is 0.261 e. The third-order valence-corrected chi connectivity index (χ3v) is 6.32. The van der Waals surface area contributed by atoms with Gasteiger partial charge in [0.15, 0.2) is 0 Å². The number of anilines is 3. The molecule has 36 heavy (non-hydrogen) atoms. The fraction of sp³-hybridized carbons (Fsp3) is 0.0741. The first-order valence-electron chi connectivity index (χ1n) is 11.2. The van der Waals surface area contributed by atoms with Crippen molar-refractivity contribution in [2.45, 2.75) is 13.0 Å². The van der Waals surface area contributed by atoms with E-state index in [-0.39, 0.29) is 22.6 Å². The van der Waals surface area contributed by atoms with Crippen LogP contribution in [0.1, 0.15) is 28.9 Å². The van der Waals surface area contributed by atoms with Gasteiger partial charge < -0.3 is 16.0 Å². The Labute approximate surface area is 215 Å². The van der Waals surface area contributed by atoms with Crippen molar-refractivity contribution in [2.24, 2.45) is 0 Å². The molecule has 2 amide bonds. The van der Waals surface area contributed by atoms with Gasteiger partial charge in [0.05, 0.1) is 11.8 Å².